The quantitative estimate of drug-likeness (QED) is 0.825. The summed E-state index contributed by atoms with van der Waals surface area (Å²) in [6.07, 6.45) is 0. The number of urea groups is 1. The SMILES string of the molecule is COCCN(CCO)C(=O)Nc1cc(C)cc(C)c1. The van der Waals surface area contributed by atoms with Crippen molar-refractivity contribution in [3.05, 3.63) is 29.3 Å². The van der Waals surface area contributed by atoms with Crippen LogP contribution in [0.4, 0.5) is 10.5 Å². The van der Waals surface area contributed by atoms with E-state index in [2.05, 4.69) is 5.32 Å². The van der Waals surface area contributed by atoms with Crippen LogP contribution in [0.2, 0.25) is 0 Å². The number of benzene rings is 1. The van der Waals surface area contributed by atoms with Crippen molar-refractivity contribution in [3.63, 3.8) is 0 Å². The zero-order valence-corrected chi connectivity index (χ0v) is 11.8. The summed E-state index contributed by atoms with van der Waals surface area (Å²) >= 11 is 0. The van der Waals surface area contributed by atoms with Gasteiger partial charge >= 0.3 is 6.03 Å². The van der Waals surface area contributed by atoms with E-state index >= 15 is 0 Å². The first-order valence-corrected chi connectivity index (χ1v) is 6.31. The Bertz CT molecular complexity index is 401. The molecule has 2 N–H and O–H groups in total. The van der Waals surface area contributed by atoms with Gasteiger partial charge in [0.2, 0.25) is 0 Å². The zero-order chi connectivity index (χ0) is 14.3. The van der Waals surface area contributed by atoms with E-state index in [4.69, 9.17) is 9.84 Å². The molecule has 0 heterocycles. The molecule has 0 saturated carbocycles. The summed E-state index contributed by atoms with van der Waals surface area (Å²) in [6.45, 7) is 5.09. The molecule has 19 heavy (non-hydrogen) atoms. The number of rotatable bonds is 6. The minimum absolute atomic E-state index is 0.0655. The number of carbonyl (C=O) groups is 1. The van der Waals surface area contributed by atoms with E-state index in [0.717, 1.165) is 16.8 Å². The summed E-state index contributed by atoms with van der Waals surface area (Å²) in [5.41, 5.74) is 2.96. The minimum Gasteiger partial charge on any atom is -0.395 e. The van der Waals surface area contributed by atoms with Crippen LogP contribution in [0, 0.1) is 13.8 Å². The Kier molecular flexibility index (Phi) is 6.32. The Morgan fingerprint density at radius 3 is 2.42 bits per heavy atom. The fourth-order valence-electron chi connectivity index (χ4n) is 1.89. The van der Waals surface area contributed by atoms with Gasteiger partial charge in [0, 0.05) is 25.9 Å². The highest BCUT2D eigenvalue weighted by Crippen LogP contribution is 2.14. The molecule has 1 rings (SSSR count). The predicted molar refractivity (Wildman–Crippen MR) is 75.5 cm³/mol. The second-order valence-corrected chi connectivity index (χ2v) is 4.51. The third kappa shape index (κ3) is 5.28. The van der Waals surface area contributed by atoms with E-state index in [1.54, 1.807) is 7.11 Å². The van der Waals surface area contributed by atoms with Gasteiger partial charge in [0.05, 0.1) is 13.2 Å². The third-order valence-corrected chi connectivity index (χ3v) is 2.70. The van der Waals surface area contributed by atoms with Crippen LogP contribution in [0.25, 0.3) is 0 Å². The van der Waals surface area contributed by atoms with E-state index in [-0.39, 0.29) is 12.6 Å². The van der Waals surface area contributed by atoms with Gasteiger partial charge in [-0.05, 0) is 37.1 Å². The summed E-state index contributed by atoms with van der Waals surface area (Å²) < 4.78 is 4.95. The van der Waals surface area contributed by atoms with Crippen LogP contribution in [0.15, 0.2) is 18.2 Å². The molecule has 5 nitrogen and oxygen atoms in total. The van der Waals surface area contributed by atoms with Crippen molar-refractivity contribution in [2.24, 2.45) is 0 Å². The minimum atomic E-state index is -0.226. The van der Waals surface area contributed by atoms with Crippen molar-refractivity contribution < 1.29 is 14.6 Å². The lowest BCUT2D eigenvalue weighted by Crippen LogP contribution is -2.39. The van der Waals surface area contributed by atoms with Crippen LogP contribution in [-0.2, 0) is 4.74 Å². The van der Waals surface area contributed by atoms with E-state index in [9.17, 15) is 4.79 Å². The Hall–Kier alpha value is -1.59. The monoisotopic (exact) mass is 266 g/mol. The van der Waals surface area contributed by atoms with Gasteiger partial charge in [0.25, 0.3) is 0 Å². The number of ether oxygens (including phenoxy) is 1. The summed E-state index contributed by atoms with van der Waals surface area (Å²) in [7, 11) is 1.58. The Labute approximate surface area is 114 Å². The highest BCUT2D eigenvalue weighted by molar-refractivity contribution is 5.89. The first kappa shape index (κ1) is 15.5. The molecule has 5 heteroatoms. The van der Waals surface area contributed by atoms with Crippen LogP contribution < -0.4 is 5.32 Å². The number of aliphatic hydroxyl groups is 1. The molecular weight excluding hydrogens is 244 g/mol. The van der Waals surface area contributed by atoms with Crippen molar-refractivity contribution in [3.8, 4) is 0 Å². The van der Waals surface area contributed by atoms with Crippen molar-refractivity contribution in [1.29, 1.82) is 0 Å². The number of carbonyl (C=O) groups excluding carboxylic acids is 1. The smallest absolute Gasteiger partial charge is 0.321 e. The van der Waals surface area contributed by atoms with Crippen LogP contribution in [0.3, 0.4) is 0 Å². The topological polar surface area (TPSA) is 61.8 Å². The molecule has 0 aliphatic rings. The molecule has 0 saturated heterocycles. The fourth-order valence-corrected chi connectivity index (χ4v) is 1.89. The lowest BCUT2D eigenvalue weighted by molar-refractivity contribution is 0.142. The largest absolute Gasteiger partial charge is 0.395 e. The van der Waals surface area contributed by atoms with Crippen molar-refractivity contribution in [1.82, 2.24) is 4.90 Å². The highest BCUT2D eigenvalue weighted by atomic mass is 16.5. The molecule has 0 radical (unpaired) electrons. The number of aryl methyl sites for hydroxylation is 2. The van der Waals surface area contributed by atoms with Gasteiger partial charge in [0.1, 0.15) is 0 Å². The predicted octanol–water partition coefficient (Wildman–Crippen LogP) is 1.78. The van der Waals surface area contributed by atoms with Gasteiger partial charge in [0.15, 0.2) is 0 Å². The van der Waals surface area contributed by atoms with Crippen LogP contribution in [0.1, 0.15) is 11.1 Å². The van der Waals surface area contributed by atoms with Gasteiger partial charge in [-0.1, -0.05) is 6.07 Å². The van der Waals surface area contributed by atoms with Crippen LogP contribution in [-0.4, -0.2) is 49.5 Å². The summed E-state index contributed by atoms with van der Waals surface area (Å²) in [6, 6.07) is 5.65. The number of aliphatic hydroxyl groups excluding tert-OH is 1. The van der Waals surface area contributed by atoms with Gasteiger partial charge in [-0.15, -0.1) is 0 Å². The number of hydrogen-bond acceptors (Lipinski definition) is 3. The van der Waals surface area contributed by atoms with Gasteiger partial charge < -0.3 is 20.1 Å². The summed E-state index contributed by atoms with van der Waals surface area (Å²) in [4.78, 5) is 13.6. The van der Waals surface area contributed by atoms with Crippen molar-refractivity contribution >= 4 is 11.7 Å². The van der Waals surface area contributed by atoms with Crippen LogP contribution in [0.5, 0.6) is 0 Å². The molecule has 0 aromatic heterocycles. The van der Waals surface area contributed by atoms with Crippen molar-refractivity contribution in [2.75, 3.05) is 38.7 Å². The zero-order valence-electron chi connectivity index (χ0n) is 11.8. The number of nitrogens with one attached hydrogen (secondary N) is 1. The van der Waals surface area contributed by atoms with Crippen molar-refractivity contribution in [2.45, 2.75) is 13.8 Å². The molecule has 2 amide bonds. The molecule has 0 fully saturated rings. The second kappa shape index (κ2) is 7.76. The van der Waals surface area contributed by atoms with E-state index in [0.29, 0.717) is 19.7 Å². The molecule has 0 aliphatic heterocycles. The number of methoxy groups -OCH3 is 1. The van der Waals surface area contributed by atoms with Crippen LogP contribution >= 0.6 is 0 Å². The maximum absolute atomic E-state index is 12.1. The number of amides is 2. The lowest BCUT2D eigenvalue weighted by Gasteiger charge is -2.22. The maximum Gasteiger partial charge on any atom is 0.321 e. The molecule has 1 aromatic rings. The highest BCUT2D eigenvalue weighted by Gasteiger charge is 2.12. The number of anilines is 1. The lowest BCUT2D eigenvalue weighted by atomic mass is 10.1. The van der Waals surface area contributed by atoms with Gasteiger partial charge in [-0.25, -0.2) is 4.79 Å². The third-order valence-electron chi connectivity index (χ3n) is 2.70. The second-order valence-electron chi connectivity index (χ2n) is 4.51. The van der Waals surface area contributed by atoms with Gasteiger partial charge in [-0.2, -0.15) is 0 Å². The number of hydrogen-bond donors (Lipinski definition) is 2. The standard InChI is InChI=1S/C14H22N2O3/c1-11-8-12(2)10-13(9-11)15-14(18)16(4-6-17)5-7-19-3/h8-10,17H,4-7H2,1-3H3,(H,15,18). The molecule has 0 spiro atoms. The fraction of sp³-hybridized carbons (Fsp3) is 0.500. The Morgan fingerprint density at radius 1 is 1.26 bits per heavy atom. The van der Waals surface area contributed by atoms with E-state index < -0.39 is 0 Å². The average molecular weight is 266 g/mol. The summed E-state index contributed by atoms with van der Waals surface area (Å²) in [5.74, 6) is 0. The van der Waals surface area contributed by atoms with E-state index in [1.807, 2.05) is 32.0 Å². The Balaban J connectivity index is 2.69. The van der Waals surface area contributed by atoms with E-state index in [1.165, 1.54) is 4.90 Å². The normalized spacial score (nSPS) is 10.3. The average Bonchev–Trinajstić information content (AvgIpc) is 2.33. The first-order valence-electron chi connectivity index (χ1n) is 6.31. The Morgan fingerprint density at radius 2 is 1.89 bits per heavy atom. The molecule has 1 aromatic carbocycles. The molecule has 0 bridgehead atoms. The van der Waals surface area contributed by atoms with Gasteiger partial charge in [-0.3, -0.25) is 0 Å². The molecule has 106 valence electrons. The molecular formula is C14H22N2O3. The molecule has 0 unspecified atom stereocenters. The summed E-state index contributed by atoms with van der Waals surface area (Å²) in [5, 5.41) is 11.8. The molecule has 0 aliphatic carbocycles. The number of nitrogens with zero attached hydrogens (tertiary/aromatic N) is 1. The molecule has 0 atom stereocenters. The maximum atomic E-state index is 12.1. The first-order chi connectivity index (χ1) is 9.06.